The summed E-state index contributed by atoms with van der Waals surface area (Å²) in [6, 6.07) is 9.62. The second kappa shape index (κ2) is 9.43. The van der Waals surface area contributed by atoms with Gasteiger partial charge in [0.25, 0.3) is 0 Å². The van der Waals surface area contributed by atoms with E-state index < -0.39 is 5.79 Å². The van der Waals surface area contributed by atoms with Gasteiger partial charge in [0.1, 0.15) is 5.52 Å². The lowest BCUT2D eigenvalue weighted by atomic mass is 9.75. The van der Waals surface area contributed by atoms with E-state index in [1.165, 1.54) is 0 Å². The highest BCUT2D eigenvalue weighted by molar-refractivity contribution is 5.96. The van der Waals surface area contributed by atoms with E-state index in [-0.39, 0.29) is 35.7 Å². The molecular weight excluding hydrogens is 442 g/mol. The van der Waals surface area contributed by atoms with E-state index in [0.29, 0.717) is 23.9 Å². The van der Waals surface area contributed by atoms with Gasteiger partial charge in [-0.1, -0.05) is 27.7 Å². The summed E-state index contributed by atoms with van der Waals surface area (Å²) in [7, 11) is 1.89. The first-order valence-corrected chi connectivity index (χ1v) is 12.9. The normalized spacial score (nSPS) is 32.1. The van der Waals surface area contributed by atoms with Gasteiger partial charge in [0.15, 0.2) is 23.0 Å². The number of carbonyl (C=O) groups is 1. The lowest BCUT2D eigenvalue weighted by molar-refractivity contribution is -0.355. The number of rotatable bonds is 6. The van der Waals surface area contributed by atoms with Gasteiger partial charge >= 0.3 is 0 Å². The third-order valence-corrected chi connectivity index (χ3v) is 8.17. The van der Waals surface area contributed by atoms with Crippen molar-refractivity contribution in [3.05, 3.63) is 48.1 Å². The van der Waals surface area contributed by atoms with Crippen LogP contribution in [0.3, 0.4) is 0 Å². The zero-order chi connectivity index (χ0) is 24.7. The Morgan fingerprint density at radius 3 is 2.80 bits per heavy atom. The first-order chi connectivity index (χ1) is 16.8. The van der Waals surface area contributed by atoms with Crippen LogP contribution < -0.4 is 5.32 Å². The van der Waals surface area contributed by atoms with E-state index in [1.807, 2.05) is 44.3 Å². The number of aromatic nitrogens is 2. The molecule has 2 aliphatic heterocycles. The van der Waals surface area contributed by atoms with Crippen LogP contribution in [0.5, 0.6) is 0 Å². The van der Waals surface area contributed by atoms with E-state index in [4.69, 9.17) is 18.9 Å². The summed E-state index contributed by atoms with van der Waals surface area (Å²) in [4.78, 5) is 20.9. The fourth-order valence-corrected chi connectivity index (χ4v) is 5.94. The topological polar surface area (TPSA) is 89.4 Å². The SMILES string of the molecule is CNc1ccc2oc(C[C@H]3O[C@@]4(CC[C@H]3C)O[C@H]([C@H](C)C(=O)c3ccc[nH]3)[C@H](C)C[C@H]4C)nc2c1. The molecule has 1 spiro atoms. The summed E-state index contributed by atoms with van der Waals surface area (Å²) >= 11 is 0. The molecule has 5 rings (SSSR count). The molecule has 0 bridgehead atoms. The van der Waals surface area contributed by atoms with Crippen LogP contribution in [0.2, 0.25) is 0 Å². The molecular formula is C28H37N3O4. The van der Waals surface area contributed by atoms with Gasteiger partial charge in [-0.15, -0.1) is 0 Å². The van der Waals surface area contributed by atoms with Crippen molar-refractivity contribution in [2.24, 2.45) is 23.7 Å². The average Bonchev–Trinajstić information content (AvgIpc) is 3.52. The Balaban J connectivity index is 1.35. The predicted octanol–water partition coefficient (Wildman–Crippen LogP) is 5.83. The molecule has 3 aromatic rings. The Morgan fingerprint density at radius 1 is 1.23 bits per heavy atom. The lowest BCUT2D eigenvalue weighted by Crippen LogP contribution is -2.58. The molecule has 0 unspecified atom stereocenters. The maximum Gasteiger partial charge on any atom is 0.198 e. The number of anilines is 1. The Hall–Kier alpha value is -2.64. The molecule has 0 amide bonds. The van der Waals surface area contributed by atoms with Gasteiger partial charge in [-0.05, 0) is 55.0 Å². The van der Waals surface area contributed by atoms with Gasteiger partial charge in [0.05, 0.1) is 24.3 Å². The number of Topliss-reactive ketones (excluding diaryl/α,β-unsaturated/α-hetero) is 1. The van der Waals surface area contributed by atoms with Crippen molar-refractivity contribution in [3.8, 4) is 0 Å². The van der Waals surface area contributed by atoms with Gasteiger partial charge < -0.3 is 24.2 Å². The lowest BCUT2D eigenvalue weighted by Gasteiger charge is -2.53. The fraction of sp³-hybridized carbons (Fsp3) is 0.571. The number of nitrogens with one attached hydrogen (secondary N) is 2. The second-order valence-electron chi connectivity index (χ2n) is 10.7. The Bertz CT molecular complexity index is 1170. The monoisotopic (exact) mass is 479 g/mol. The number of H-pyrrole nitrogens is 1. The van der Waals surface area contributed by atoms with Crippen molar-refractivity contribution in [2.75, 3.05) is 12.4 Å². The number of hydrogen-bond acceptors (Lipinski definition) is 6. The van der Waals surface area contributed by atoms with Crippen LogP contribution in [0, 0.1) is 23.7 Å². The summed E-state index contributed by atoms with van der Waals surface area (Å²) in [5, 5.41) is 3.15. The Kier molecular flexibility index (Phi) is 6.49. The van der Waals surface area contributed by atoms with E-state index >= 15 is 0 Å². The van der Waals surface area contributed by atoms with Crippen LogP contribution >= 0.6 is 0 Å². The van der Waals surface area contributed by atoms with Gasteiger partial charge in [0, 0.05) is 37.2 Å². The highest BCUT2D eigenvalue weighted by atomic mass is 16.7. The molecule has 0 saturated carbocycles. The maximum atomic E-state index is 13.1. The minimum atomic E-state index is -0.691. The average molecular weight is 480 g/mol. The quantitative estimate of drug-likeness (QED) is 0.432. The summed E-state index contributed by atoms with van der Waals surface area (Å²) in [5.74, 6) is 0.686. The van der Waals surface area contributed by atoms with E-state index in [0.717, 1.165) is 36.0 Å². The van der Waals surface area contributed by atoms with Crippen LogP contribution in [-0.2, 0) is 15.9 Å². The van der Waals surface area contributed by atoms with Crippen LogP contribution in [0.1, 0.15) is 63.3 Å². The molecule has 4 heterocycles. The van der Waals surface area contributed by atoms with Crippen molar-refractivity contribution in [1.82, 2.24) is 9.97 Å². The molecule has 2 saturated heterocycles. The standard InChI is InChI=1S/C28H37N3O4/c1-16-10-11-28(34-24(16)15-25-31-22-14-20(29-5)8-9-23(22)33-25)18(3)13-17(2)27(35-28)19(4)26(32)21-7-6-12-30-21/h6-9,12,14,16-19,24,27,29-30H,10-11,13,15H2,1-5H3/t16-,17-,18-,19-,24-,27+,28+/m1/s1. The van der Waals surface area contributed by atoms with Gasteiger partial charge in [-0.2, -0.15) is 0 Å². The number of aromatic amines is 1. The maximum absolute atomic E-state index is 13.1. The number of fused-ring (bicyclic) bond motifs is 1. The molecule has 2 aliphatic rings. The molecule has 2 N–H and O–H groups in total. The number of ketones is 1. The second-order valence-corrected chi connectivity index (χ2v) is 10.7. The largest absolute Gasteiger partial charge is 0.441 e. The van der Waals surface area contributed by atoms with E-state index in [2.05, 4.69) is 31.1 Å². The van der Waals surface area contributed by atoms with E-state index in [9.17, 15) is 4.79 Å². The molecule has 35 heavy (non-hydrogen) atoms. The van der Waals surface area contributed by atoms with Crippen molar-refractivity contribution in [1.29, 1.82) is 0 Å². The molecule has 2 fully saturated rings. The minimum Gasteiger partial charge on any atom is -0.441 e. The third-order valence-electron chi connectivity index (χ3n) is 8.17. The summed E-state index contributed by atoms with van der Waals surface area (Å²) in [6.07, 6.45) is 4.92. The first-order valence-electron chi connectivity index (χ1n) is 12.9. The smallest absolute Gasteiger partial charge is 0.198 e. The number of benzene rings is 1. The van der Waals surface area contributed by atoms with Crippen molar-refractivity contribution < 1.29 is 18.7 Å². The highest BCUT2D eigenvalue weighted by Crippen LogP contribution is 2.48. The van der Waals surface area contributed by atoms with Crippen LogP contribution in [0.4, 0.5) is 5.69 Å². The zero-order valence-electron chi connectivity index (χ0n) is 21.3. The van der Waals surface area contributed by atoms with Crippen molar-refractivity contribution in [3.63, 3.8) is 0 Å². The molecule has 7 nitrogen and oxygen atoms in total. The van der Waals surface area contributed by atoms with Gasteiger partial charge in [-0.25, -0.2) is 4.98 Å². The Morgan fingerprint density at radius 2 is 2.06 bits per heavy atom. The Labute approximate surface area is 207 Å². The summed E-state index contributed by atoms with van der Waals surface area (Å²) in [5.41, 5.74) is 3.27. The predicted molar refractivity (Wildman–Crippen MR) is 135 cm³/mol. The summed E-state index contributed by atoms with van der Waals surface area (Å²) < 4.78 is 19.7. The molecule has 0 aliphatic carbocycles. The number of ether oxygens (including phenoxy) is 2. The minimum absolute atomic E-state index is 0.0634. The fourth-order valence-electron chi connectivity index (χ4n) is 5.94. The first kappa shape index (κ1) is 24.1. The van der Waals surface area contributed by atoms with Crippen LogP contribution in [0.25, 0.3) is 11.1 Å². The molecule has 188 valence electrons. The molecule has 2 aromatic heterocycles. The van der Waals surface area contributed by atoms with Crippen molar-refractivity contribution >= 4 is 22.6 Å². The number of carbonyl (C=O) groups excluding carboxylic acids is 1. The zero-order valence-corrected chi connectivity index (χ0v) is 21.3. The number of hydrogen-bond donors (Lipinski definition) is 2. The molecule has 0 radical (unpaired) electrons. The highest BCUT2D eigenvalue weighted by Gasteiger charge is 2.52. The van der Waals surface area contributed by atoms with E-state index in [1.54, 1.807) is 6.20 Å². The summed E-state index contributed by atoms with van der Waals surface area (Å²) in [6.45, 7) is 8.61. The molecule has 1 aromatic carbocycles. The molecule has 7 atom stereocenters. The van der Waals surface area contributed by atoms with Crippen LogP contribution in [0.15, 0.2) is 40.9 Å². The third kappa shape index (κ3) is 4.52. The van der Waals surface area contributed by atoms with Gasteiger partial charge in [0.2, 0.25) is 0 Å². The van der Waals surface area contributed by atoms with Gasteiger partial charge in [-0.3, -0.25) is 4.79 Å². The van der Waals surface area contributed by atoms with Crippen molar-refractivity contribution in [2.45, 2.75) is 71.4 Å². The van der Waals surface area contributed by atoms with Crippen LogP contribution in [-0.4, -0.2) is 40.8 Å². The molecule has 7 heteroatoms. The number of oxazole rings is 1. The number of nitrogens with zero attached hydrogens (tertiary/aromatic N) is 1.